The topological polar surface area (TPSA) is 75.3 Å². The van der Waals surface area contributed by atoms with Gasteiger partial charge in [0.15, 0.2) is 0 Å². The molecule has 0 fully saturated rings. The predicted octanol–water partition coefficient (Wildman–Crippen LogP) is 1.79. The molecule has 0 aliphatic rings. The van der Waals surface area contributed by atoms with Crippen LogP contribution in [0.25, 0.3) is 0 Å². The van der Waals surface area contributed by atoms with Gasteiger partial charge in [0.1, 0.15) is 0 Å². The molecule has 0 spiro atoms. The number of carbonyl (C=O) groups is 1. The highest BCUT2D eigenvalue weighted by Gasteiger charge is 2.12. The third-order valence-electron chi connectivity index (χ3n) is 2.07. The van der Waals surface area contributed by atoms with E-state index in [1.54, 1.807) is 18.2 Å². The average Bonchev–Trinajstić information content (AvgIpc) is 2.16. The molecule has 0 atom stereocenters. The molecule has 0 saturated heterocycles. The molecule has 4 heteroatoms. The minimum Gasteiger partial charge on any atom is -0.478 e. The van der Waals surface area contributed by atoms with Crippen LogP contribution in [0.2, 0.25) is 0 Å². The summed E-state index contributed by atoms with van der Waals surface area (Å²) in [7, 11) is 0. The number of anilines is 1. The van der Waals surface area contributed by atoms with Crippen molar-refractivity contribution in [2.24, 2.45) is 5.84 Å². The number of carboxylic acids is 1. The van der Waals surface area contributed by atoms with Crippen LogP contribution in [0.5, 0.6) is 0 Å². The van der Waals surface area contributed by atoms with Crippen molar-refractivity contribution < 1.29 is 9.90 Å². The van der Waals surface area contributed by atoms with Gasteiger partial charge in [0.2, 0.25) is 0 Å². The van der Waals surface area contributed by atoms with Gasteiger partial charge in [-0.1, -0.05) is 13.8 Å². The zero-order valence-corrected chi connectivity index (χ0v) is 8.24. The highest BCUT2D eigenvalue weighted by Crippen LogP contribution is 2.23. The summed E-state index contributed by atoms with van der Waals surface area (Å²) >= 11 is 0. The first kappa shape index (κ1) is 10.5. The standard InChI is InChI=1S/C10H14N2O2/c1-6(2)9-5-7(12-11)3-4-8(9)10(13)14/h3-6,12H,11H2,1-2H3,(H,13,14). The molecule has 1 aromatic carbocycles. The van der Waals surface area contributed by atoms with Crippen molar-refractivity contribution >= 4 is 11.7 Å². The number of hydrogen-bond acceptors (Lipinski definition) is 3. The van der Waals surface area contributed by atoms with Gasteiger partial charge in [0.25, 0.3) is 0 Å². The first-order valence-electron chi connectivity index (χ1n) is 4.40. The van der Waals surface area contributed by atoms with Crippen LogP contribution in [-0.2, 0) is 0 Å². The zero-order chi connectivity index (χ0) is 10.7. The summed E-state index contributed by atoms with van der Waals surface area (Å²) in [5.74, 6) is 4.50. The number of rotatable bonds is 3. The van der Waals surface area contributed by atoms with Gasteiger partial charge in [-0.2, -0.15) is 0 Å². The van der Waals surface area contributed by atoms with E-state index in [0.29, 0.717) is 5.56 Å². The third kappa shape index (κ3) is 2.03. The monoisotopic (exact) mass is 194 g/mol. The van der Waals surface area contributed by atoms with E-state index in [2.05, 4.69) is 5.43 Å². The quantitative estimate of drug-likeness (QED) is 0.506. The molecule has 14 heavy (non-hydrogen) atoms. The number of benzene rings is 1. The molecular weight excluding hydrogens is 180 g/mol. The molecule has 0 radical (unpaired) electrons. The maximum Gasteiger partial charge on any atom is 0.335 e. The fraction of sp³-hybridized carbons (Fsp3) is 0.300. The number of nitrogens with two attached hydrogens (primary N) is 1. The zero-order valence-electron chi connectivity index (χ0n) is 8.24. The van der Waals surface area contributed by atoms with Gasteiger partial charge in [-0.05, 0) is 29.7 Å². The molecule has 0 aliphatic carbocycles. The van der Waals surface area contributed by atoms with Crippen LogP contribution >= 0.6 is 0 Å². The summed E-state index contributed by atoms with van der Waals surface area (Å²) in [6.45, 7) is 3.89. The second-order valence-corrected chi connectivity index (χ2v) is 3.41. The molecule has 0 bridgehead atoms. The summed E-state index contributed by atoms with van der Waals surface area (Å²) in [4.78, 5) is 10.9. The van der Waals surface area contributed by atoms with Crippen molar-refractivity contribution in [2.45, 2.75) is 19.8 Å². The molecule has 1 rings (SSSR count). The van der Waals surface area contributed by atoms with Gasteiger partial charge in [-0.15, -0.1) is 0 Å². The fourth-order valence-corrected chi connectivity index (χ4v) is 1.32. The average molecular weight is 194 g/mol. The van der Waals surface area contributed by atoms with E-state index in [4.69, 9.17) is 10.9 Å². The first-order chi connectivity index (χ1) is 6.56. The van der Waals surface area contributed by atoms with Gasteiger partial charge in [0.05, 0.1) is 5.56 Å². The van der Waals surface area contributed by atoms with Crippen LogP contribution < -0.4 is 11.3 Å². The van der Waals surface area contributed by atoms with Crippen molar-refractivity contribution in [1.29, 1.82) is 0 Å². The van der Waals surface area contributed by atoms with E-state index in [1.807, 2.05) is 13.8 Å². The maximum absolute atomic E-state index is 10.9. The minimum atomic E-state index is -0.905. The molecule has 4 nitrogen and oxygen atoms in total. The van der Waals surface area contributed by atoms with Crippen molar-refractivity contribution in [3.63, 3.8) is 0 Å². The normalized spacial score (nSPS) is 10.3. The lowest BCUT2D eigenvalue weighted by Gasteiger charge is -2.11. The molecule has 0 unspecified atom stereocenters. The molecule has 1 aromatic rings. The second-order valence-electron chi connectivity index (χ2n) is 3.41. The van der Waals surface area contributed by atoms with E-state index in [1.165, 1.54) is 0 Å². The van der Waals surface area contributed by atoms with Crippen molar-refractivity contribution in [2.75, 3.05) is 5.43 Å². The lowest BCUT2D eigenvalue weighted by atomic mass is 9.96. The minimum absolute atomic E-state index is 0.161. The van der Waals surface area contributed by atoms with Gasteiger partial charge in [-0.3, -0.25) is 5.84 Å². The summed E-state index contributed by atoms with van der Waals surface area (Å²) in [5.41, 5.74) is 4.33. The Bertz CT molecular complexity index is 348. The summed E-state index contributed by atoms with van der Waals surface area (Å²) < 4.78 is 0. The Morgan fingerprint density at radius 3 is 2.57 bits per heavy atom. The van der Waals surface area contributed by atoms with Crippen LogP contribution in [0.1, 0.15) is 35.7 Å². The van der Waals surface area contributed by atoms with Crippen LogP contribution in [0.4, 0.5) is 5.69 Å². The number of aromatic carboxylic acids is 1. The highest BCUT2D eigenvalue weighted by atomic mass is 16.4. The Balaban J connectivity index is 3.24. The van der Waals surface area contributed by atoms with Gasteiger partial charge in [-0.25, -0.2) is 4.79 Å². The van der Waals surface area contributed by atoms with E-state index in [-0.39, 0.29) is 5.92 Å². The van der Waals surface area contributed by atoms with E-state index >= 15 is 0 Å². The van der Waals surface area contributed by atoms with Gasteiger partial charge >= 0.3 is 5.97 Å². The Labute approximate surface area is 82.7 Å². The van der Waals surface area contributed by atoms with Gasteiger partial charge in [0, 0.05) is 5.69 Å². The number of nitrogen functional groups attached to an aromatic ring is 1. The number of nitrogens with one attached hydrogen (secondary N) is 1. The van der Waals surface area contributed by atoms with Crippen LogP contribution in [0.15, 0.2) is 18.2 Å². The molecule has 0 amide bonds. The molecule has 0 saturated carbocycles. The van der Waals surface area contributed by atoms with Crippen molar-refractivity contribution in [3.8, 4) is 0 Å². The summed E-state index contributed by atoms with van der Waals surface area (Å²) in [5, 5.41) is 8.93. The summed E-state index contributed by atoms with van der Waals surface area (Å²) in [6.07, 6.45) is 0. The van der Waals surface area contributed by atoms with E-state index in [0.717, 1.165) is 11.3 Å². The Kier molecular flexibility index (Phi) is 3.09. The first-order valence-corrected chi connectivity index (χ1v) is 4.40. The molecule has 0 aliphatic heterocycles. The number of hydrogen-bond donors (Lipinski definition) is 3. The SMILES string of the molecule is CC(C)c1cc(NN)ccc1C(=O)O. The van der Waals surface area contributed by atoms with Crippen molar-refractivity contribution in [1.82, 2.24) is 0 Å². The Morgan fingerprint density at radius 2 is 2.14 bits per heavy atom. The smallest absolute Gasteiger partial charge is 0.335 e. The largest absolute Gasteiger partial charge is 0.478 e. The van der Waals surface area contributed by atoms with Gasteiger partial charge < -0.3 is 10.5 Å². The highest BCUT2D eigenvalue weighted by molar-refractivity contribution is 5.90. The number of carboxylic acid groups (broad SMARTS) is 1. The van der Waals surface area contributed by atoms with Crippen molar-refractivity contribution in [3.05, 3.63) is 29.3 Å². The third-order valence-corrected chi connectivity index (χ3v) is 2.07. The fourth-order valence-electron chi connectivity index (χ4n) is 1.32. The summed E-state index contributed by atoms with van der Waals surface area (Å²) in [6, 6.07) is 4.97. The molecule has 0 heterocycles. The maximum atomic E-state index is 10.9. The lowest BCUT2D eigenvalue weighted by molar-refractivity contribution is 0.0695. The van der Waals surface area contributed by atoms with E-state index in [9.17, 15) is 4.79 Å². The van der Waals surface area contributed by atoms with Crippen LogP contribution in [-0.4, -0.2) is 11.1 Å². The predicted molar refractivity (Wildman–Crippen MR) is 55.3 cm³/mol. The van der Waals surface area contributed by atoms with Crippen LogP contribution in [0.3, 0.4) is 0 Å². The van der Waals surface area contributed by atoms with E-state index < -0.39 is 5.97 Å². The lowest BCUT2D eigenvalue weighted by Crippen LogP contribution is -2.09. The molecule has 0 aromatic heterocycles. The van der Waals surface area contributed by atoms with Crippen LogP contribution in [0, 0.1) is 0 Å². The molecule has 76 valence electrons. The molecule has 4 N–H and O–H groups in total. The Hall–Kier alpha value is -1.55. The number of hydrazine groups is 1. The second kappa shape index (κ2) is 4.11. The molecular formula is C10H14N2O2. The Morgan fingerprint density at radius 1 is 1.50 bits per heavy atom.